The summed E-state index contributed by atoms with van der Waals surface area (Å²) < 4.78 is 10.6. The Morgan fingerprint density at radius 2 is 1.92 bits per heavy atom. The molecule has 1 aromatic carbocycles. The predicted molar refractivity (Wildman–Crippen MR) is 92.5 cm³/mol. The van der Waals surface area contributed by atoms with E-state index >= 15 is 0 Å². The van der Waals surface area contributed by atoms with Crippen molar-refractivity contribution in [2.45, 2.75) is 37.8 Å². The number of hydrogen-bond acceptors (Lipinski definition) is 5. The molecule has 1 aromatic rings. The van der Waals surface area contributed by atoms with E-state index in [0.717, 1.165) is 24.2 Å². The van der Waals surface area contributed by atoms with Gasteiger partial charge in [0.05, 0.1) is 6.42 Å². The highest BCUT2D eigenvalue weighted by atomic mass is 16.7. The number of likely N-dealkylation sites (N-methyl/N-ethyl adjacent to an activating group) is 1. The first-order valence-electron chi connectivity index (χ1n) is 8.64. The quantitative estimate of drug-likeness (QED) is 0.791. The molecule has 2 amide bonds. The number of carbonyl (C=O) groups is 2. The Bertz CT molecular complexity index is 649. The highest BCUT2D eigenvalue weighted by Crippen LogP contribution is 2.32. The number of hydrogen-bond donors (Lipinski definition) is 2. The van der Waals surface area contributed by atoms with Crippen LogP contribution in [0.1, 0.15) is 24.8 Å². The monoisotopic (exact) mass is 347 g/mol. The van der Waals surface area contributed by atoms with Gasteiger partial charge in [0.15, 0.2) is 11.5 Å². The molecule has 2 atom stereocenters. The maximum absolute atomic E-state index is 12.2. The SMILES string of the molecule is CNC(=O)C[C@H]1CC[C@@H](CNC(=O)Cc2ccc3c(c2)OCO3)N1C. The summed E-state index contributed by atoms with van der Waals surface area (Å²) in [5.74, 6) is 1.46. The number of carbonyl (C=O) groups excluding carboxylic acids is 2. The van der Waals surface area contributed by atoms with Gasteiger partial charge in [-0.2, -0.15) is 0 Å². The molecule has 2 aliphatic rings. The summed E-state index contributed by atoms with van der Waals surface area (Å²) in [4.78, 5) is 26.0. The summed E-state index contributed by atoms with van der Waals surface area (Å²) in [6.07, 6.45) is 2.79. The summed E-state index contributed by atoms with van der Waals surface area (Å²) in [5.41, 5.74) is 0.902. The minimum atomic E-state index is -0.0120. The summed E-state index contributed by atoms with van der Waals surface area (Å²) in [6, 6.07) is 6.09. The molecule has 3 rings (SSSR count). The van der Waals surface area contributed by atoms with E-state index in [4.69, 9.17) is 9.47 Å². The van der Waals surface area contributed by atoms with E-state index in [1.165, 1.54) is 0 Å². The lowest BCUT2D eigenvalue weighted by molar-refractivity contribution is -0.122. The largest absolute Gasteiger partial charge is 0.454 e. The second-order valence-corrected chi connectivity index (χ2v) is 6.60. The van der Waals surface area contributed by atoms with Gasteiger partial charge in [0.25, 0.3) is 0 Å². The van der Waals surface area contributed by atoms with Gasteiger partial charge in [-0.25, -0.2) is 0 Å². The third-order valence-electron chi connectivity index (χ3n) is 5.02. The van der Waals surface area contributed by atoms with Crippen LogP contribution in [0.15, 0.2) is 18.2 Å². The van der Waals surface area contributed by atoms with Crippen molar-refractivity contribution in [1.82, 2.24) is 15.5 Å². The first-order chi connectivity index (χ1) is 12.1. The Labute approximate surface area is 147 Å². The molecular formula is C18H25N3O4. The normalized spacial score (nSPS) is 22.0. The highest BCUT2D eigenvalue weighted by molar-refractivity contribution is 5.79. The van der Waals surface area contributed by atoms with Crippen LogP contribution in [0, 0.1) is 0 Å². The molecule has 7 nitrogen and oxygen atoms in total. The van der Waals surface area contributed by atoms with Crippen LogP contribution in [0.25, 0.3) is 0 Å². The maximum Gasteiger partial charge on any atom is 0.231 e. The van der Waals surface area contributed by atoms with Crippen molar-refractivity contribution in [3.63, 3.8) is 0 Å². The van der Waals surface area contributed by atoms with Crippen LogP contribution in [-0.2, 0) is 16.0 Å². The Balaban J connectivity index is 1.45. The second-order valence-electron chi connectivity index (χ2n) is 6.60. The number of rotatable bonds is 6. The van der Waals surface area contributed by atoms with Crippen molar-refractivity contribution in [3.8, 4) is 11.5 Å². The number of nitrogens with one attached hydrogen (secondary N) is 2. The Kier molecular flexibility index (Phi) is 5.43. The van der Waals surface area contributed by atoms with Crippen molar-refractivity contribution in [3.05, 3.63) is 23.8 Å². The highest BCUT2D eigenvalue weighted by Gasteiger charge is 2.31. The molecule has 7 heteroatoms. The van der Waals surface area contributed by atoms with Gasteiger partial charge in [0.1, 0.15) is 0 Å². The van der Waals surface area contributed by atoms with E-state index < -0.39 is 0 Å². The molecule has 0 aromatic heterocycles. The fourth-order valence-electron chi connectivity index (χ4n) is 3.43. The van der Waals surface area contributed by atoms with Gasteiger partial charge < -0.3 is 20.1 Å². The van der Waals surface area contributed by atoms with E-state index in [0.29, 0.717) is 25.1 Å². The lowest BCUT2D eigenvalue weighted by Gasteiger charge is -2.25. The van der Waals surface area contributed by atoms with Gasteiger partial charge in [0, 0.05) is 32.1 Å². The van der Waals surface area contributed by atoms with Crippen molar-refractivity contribution in [2.75, 3.05) is 27.4 Å². The summed E-state index contributed by atoms with van der Waals surface area (Å²) in [6.45, 7) is 0.834. The van der Waals surface area contributed by atoms with Crippen LogP contribution in [0.4, 0.5) is 0 Å². The first-order valence-corrected chi connectivity index (χ1v) is 8.64. The molecule has 1 fully saturated rings. The van der Waals surface area contributed by atoms with Crippen molar-refractivity contribution in [2.24, 2.45) is 0 Å². The third-order valence-corrected chi connectivity index (χ3v) is 5.02. The van der Waals surface area contributed by atoms with E-state index in [-0.39, 0.29) is 30.7 Å². The Hall–Kier alpha value is -2.28. The van der Waals surface area contributed by atoms with Gasteiger partial charge >= 0.3 is 0 Å². The van der Waals surface area contributed by atoms with Gasteiger partial charge in [-0.3, -0.25) is 14.5 Å². The second kappa shape index (κ2) is 7.74. The fourth-order valence-corrected chi connectivity index (χ4v) is 3.43. The number of ether oxygens (including phenoxy) is 2. The molecule has 0 unspecified atom stereocenters. The molecule has 2 aliphatic heterocycles. The predicted octanol–water partition coefficient (Wildman–Crippen LogP) is 0.673. The first kappa shape index (κ1) is 17.5. The molecule has 0 saturated carbocycles. The topological polar surface area (TPSA) is 79.9 Å². The van der Waals surface area contributed by atoms with Gasteiger partial charge in [-0.15, -0.1) is 0 Å². The fraction of sp³-hybridized carbons (Fsp3) is 0.556. The number of fused-ring (bicyclic) bond motifs is 1. The molecule has 136 valence electrons. The number of amides is 2. The molecule has 0 bridgehead atoms. The molecule has 25 heavy (non-hydrogen) atoms. The lowest BCUT2D eigenvalue weighted by Crippen LogP contribution is -2.42. The van der Waals surface area contributed by atoms with E-state index in [1.807, 2.05) is 25.2 Å². The van der Waals surface area contributed by atoms with Crippen molar-refractivity contribution in [1.29, 1.82) is 0 Å². The molecule has 2 heterocycles. The summed E-state index contributed by atoms with van der Waals surface area (Å²) in [5, 5.41) is 5.67. The Morgan fingerprint density at radius 3 is 2.72 bits per heavy atom. The van der Waals surface area contributed by atoms with Gasteiger partial charge in [0.2, 0.25) is 18.6 Å². The molecule has 2 N–H and O–H groups in total. The van der Waals surface area contributed by atoms with Gasteiger partial charge in [-0.1, -0.05) is 6.07 Å². The standard InChI is InChI=1S/C18H25N3O4/c1-19-17(22)9-13-4-5-14(21(13)2)10-20-18(23)8-12-3-6-15-16(7-12)25-11-24-15/h3,6-7,13-14H,4-5,8-11H2,1-2H3,(H,19,22)(H,20,23)/t13-,14+/m1/s1. The minimum absolute atomic E-state index is 0.0120. The van der Waals surface area contributed by atoms with Crippen molar-refractivity contribution >= 4 is 11.8 Å². The van der Waals surface area contributed by atoms with Crippen LogP contribution >= 0.6 is 0 Å². The van der Waals surface area contributed by atoms with Crippen LogP contribution in [0.2, 0.25) is 0 Å². The molecule has 1 saturated heterocycles. The minimum Gasteiger partial charge on any atom is -0.454 e. The average Bonchev–Trinajstić information content (AvgIpc) is 3.20. The van der Waals surface area contributed by atoms with E-state index in [2.05, 4.69) is 15.5 Å². The zero-order chi connectivity index (χ0) is 17.8. The zero-order valence-corrected chi connectivity index (χ0v) is 14.7. The van der Waals surface area contributed by atoms with E-state index in [1.54, 1.807) is 7.05 Å². The number of benzene rings is 1. The summed E-state index contributed by atoms with van der Waals surface area (Å²) >= 11 is 0. The van der Waals surface area contributed by atoms with Gasteiger partial charge in [-0.05, 0) is 37.6 Å². The number of likely N-dealkylation sites (tertiary alicyclic amines) is 1. The molecule has 0 spiro atoms. The van der Waals surface area contributed by atoms with Crippen molar-refractivity contribution < 1.29 is 19.1 Å². The lowest BCUT2D eigenvalue weighted by atomic mass is 10.1. The number of nitrogens with zero attached hydrogens (tertiary/aromatic N) is 1. The van der Waals surface area contributed by atoms with Crippen LogP contribution < -0.4 is 20.1 Å². The molecule has 0 radical (unpaired) electrons. The zero-order valence-electron chi connectivity index (χ0n) is 14.7. The smallest absolute Gasteiger partial charge is 0.231 e. The molecular weight excluding hydrogens is 322 g/mol. The third kappa shape index (κ3) is 4.22. The Morgan fingerprint density at radius 1 is 1.16 bits per heavy atom. The summed E-state index contributed by atoms with van der Waals surface area (Å²) in [7, 11) is 3.68. The van der Waals surface area contributed by atoms with Crippen LogP contribution in [0.3, 0.4) is 0 Å². The van der Waals surface area contributed by atoms with E-state index in [9.17, 15) is 9.59 Å². The van der Waals surface area contributed by atoms with Crippen LogP contribution in [0.5, 0.6) is 11.5 Å². The molecule has 0 aliphatic carbocycles. The maximum atomic E-state index is 12.2. The van der Waals surface area contributed by atoms with Crippen LogP contribution in [-0.4, -0.2) is 56.2 Å². The average molecular weight is 347 g/mol.